The molecular weight excluding hydrogens is 356 g/mol. The van der Waals surface area contributed by atoms with Gasteiger partial charge in [-0.25, -0.2) is 4.68 Å². The van der Waals surface area contributed by atoms with E-state index in [1.807, 2.05) is 29.1 Å². The minimum atomic E-state index is 0.809. The Hall–Kier alpha value is -1.13. The number of hydrogen-bond donors (Lipinski definition) is 0. The number of benzene rings is 2. The highest BCUT2D eigenvalue weighted by atomic mass is 79.9. The lowest BCUT2D eigenvalue weighted by Gasteiger charge is -2.09. The van der Waals surface area contributed by atoms with Crippen molar-refractivity contribution in [3.8, 4) is 5.69 Å². The van der Waals surface area contributed by atoms with Crippen molar-refractivity contribution >= 4 is 42.8 Å². The maximum Gasteiger partial charge on any atom is 0.0741 e. The van der Waals surface area contributed by atoms with Crippen LogP contribution in [-0.4, -0.2) is 9.78 Å². The van der Waals surface area contributed by atoms with Crippen molar-refractivity contribution in [1.82, 2.24) is 9.78 Å². The molecule has 0 fully saturated rings. The first-order valence-corrected chi connectivity index (χ1v) is 7.48. The van der Waals surface area contributed by atoms with E-state index in [9.17, 15) is 0 Å². The van der Waals surface area contributed by atoms with Crippen LogP contribution in [0.1, 0.15) is 5.56 Å². The Kier molecular flexibility index (Phi) is 3.22. The highest BCUT2D eigenvalue weighted by Gasteiger charge is 2.08. The van der Waals surface area contributed by atoms with Crippen LogP contribution in [0.3, 0.4) is 0 Å². The summed E-state index contributed by atoms with van der Waals surface area (Å²) in [7, 11) is 0. The lowest BCUT2D eigenvalue weighted by molar-refractivity contribution is 0.900. The molecule has 3 aromatic rings. The maximum absolute atomic E-state index is 4.49. The quantitative estimate of drug-likeness (QED) is 0.602. The number of hydrogen-bond acceptors (Lipinski definition) is 1. The third-order valence-corrected chi connectivity index (χ3v) is 3.99. The third-order valence-electron chi connectivity index (χ3n) is 2.90. The third kappa shape index (κ3) is 1.99. The highest BCUT2D eigenvalue weighted by molar-refractivity contribution is 9.10. The van der Waals surface area contributed by atoms with Crippen molar-refractivity contribution < 1.29 is 0 Å². The van der Waals surface area contributed by atoms with Crippen LogP contribution in [0.25, 0.3) is 16.6 Å². The second-order valence-electron chi connectivity index (χ2n) is 4.02. The van der Waals surface area contributed by atoms with E-state index in [-0.39, 0.29) is 0 Å². The molecule has 2 nitrogen and oxygen atoms in total. The first-order chi connectivity index (χ1) is 8.79. The van der Waals surface area contributed by atoms with E-state index < -0.39 is 0 Å². The van der Waals surface area contributed by atoms with Gasteiger partial charge in [0, 0.05) is 15.2 Å². The van der Waals surface area contributed by atoms with Crippen molar-refractivity contribution in [2.24, 2.45) is 0 Å². The SMILES string of the molecule is BrCc1ccc(Br)cc1-n1ncc2ccccc21. The molecule has 0 amide bonds. The van der Waals surface area contributed by atoms with Gasteiger partial charge in [0.25, 0.3) is 0 Å². The zero-order valence-corrected chi connectivity index (χ0v) is 12.6. The molecule has 0 saturated carbocycles. The predicted molar refractivity (Wildman–Crippen MR) is 81.4 cm³/mol. The Morgan fingerprint density at radius 3 is 2.78 bits per heavy atom. The second-order valence-corrected chi connectivity index (χ2v) is 5.50. The first-order valence-electron chi connectivity index (χ1n) is 5.57. The molecular formula is C14H10Br2N2. The number of fused-ring (bicyclic) bond motifs is 1. The summed E-state index contributed by atoms with van der Waals surface area (Å²) in [6.45, 7) is 0. The van der Waals surface area contributed by atoms with Gasteiger partial charge in [-0.2, -0.15) is 5.10 Å². The summed E-state index contributed by atoms with van der Waals surface area (Å²) >= 11 is 7.04. The van der Waals surface area contributed by atoms with Crippen LogP contribution in [-0.2, 0) is 5.33 Å². The predicted octanol–water partition coefficient (Wildman–Crippen LogP) is 4.68. The van der Waals surface area contributed by atoms with Crippen molar-refractivity contribution in [3.05, 3.63) is 58.7 Å². The summed E-state index contributed by atoms with van der Waals surface area (Å²) in [6, 6.07) is 14.5. The number of para-hydroxylation sites is 1. The molecule has 0 aliphatic heterocycles. The summed E-state index contributed by atoms with van der Waals surface area (Å²) in [4.78, 5) is 0. The molecule has 0 spiro atoms. The van der Waals surface area contributed by atoms with Gasteiger partial charge in [0.2, 0.25) is 0 Å². The van der Waals surface area contributed by atoms with Gasteiger partial charge in [0.15, 0.2) is 0 Å². The van der Waals surface area contributed by atoms with Gasteiger partial charge in [0.1, 0.15) is 0 Å². The van der Waals surface area contributed by atoms with Crippen LogP contribution in [0.4, 0.5) is 0 Å². The molecule has 3 rings (SSSR count). The molecule has 1 aromatic heterocycles. The number of aromatic nitrogens is 2. The summed E-state index contributed by atoms with van der Waals surface area (Å²) in [5, 5.41) is 6.45. The van der Waals surface area contributed by atoms with E-state index in [1.54, 1.807) is 0 Å². The van der Waals surface area contributed by atoms with Crippen LogP contribution in [0, 0.1) is 0 Å². The second kappa shape index (κ2) is 4.86. The van der Waals surface area contributed by atoms with Gasteiger partial charge in [-0.3, -0.25) is 0 Å². The van der Waals surface area contributed by atoms with Crippen LogP contribution in [0.15, 0.2) is 53.1 Å². The molecule has 0 aliphatic carbocycles. The van der Waals surface area contributed by atoms with E-state index in [0.29, 0.717) is 0 Å². The smallest absolute Gasteiger partial charge is 0.0741 e. The largest absolute Gasteiger partial charge is 0.233 e. The molecule has 0 atom stereocenters. The normalized spacial score (nSPS) is 11.0. The Morgan fingerprint density at radius 1 is 1.11 bits per heavy atom. The standard InChI is InChI=1S/C14H10Br2N2/c15-8-10-5-6-12(16)7-14(10)18-13-4-2-1-3-11(13)9-17-18/h1-7,9H,8H2. The maximum atomic E-state index is 4.49. The summed E-state index contributed by atoms with van der Waals surface area (Å²) in [5.74, 6) is 0. The molecule has 90 valence electrons. The fourth-order valence-corrected chi connectivity index (χ4v) is 2.83. The number of nitrogens with zero attached hydrogens (tertiary/aromatic N) is 2. The molecule has 4 heteroatoms. The molecule has 0 aliphatic rings. The molecule has 2 aromatic carbocycles. The summed E-state index contributed by atoms with van der Waals surface area (Å²) < 4.78 is 3.04. The van der Waals surface area contributed by atoms with E-state index in [0.717, 1.165) is 26.4 Å². The van der Waals surface area contributed by atoms with Crippen LogP contribution < -0.4 is 0 Å². The topological polar surface area (TPSA) is 17.8 Å². The lowest BCUT2D eigenvalue weighted by atomic mass is 10.2. The van der Waals surface area contributed by atoms with E-state index in [2.05, 4.69) is 61.2 Å². The van der Waals surface area contributed by atoms with Gasteiger partial charge in [0.05, 0.1) is 17.4 Å². The zero-order valence-electron chi connectivity index (χ0n) is 9.48. The number of rotatable bonds is 2. The molecule has 0 saturated heterocycles. The molecule has 18 heavy (non-hydrogen) atoms. The van der Waals surface area contributed by atoms with Gasteiger partial charge in [-0.15, -0.1) is 0 Å². The lowest BCUT2D eigenvalue weighted by Crippen LogP contribution is -2.00. The Balaban J connectivity index is 2.29. The Morgan fingerprint density at radius 2 is 1.94 bits per heavy atom. The first kappa shape index (κ1) is 11.9. The minimum absolute atomic E-state index is 0.809. The van der Waals surface area contributed by atoms with Gasteiger partial charge in [-0.1, -0.05) is 56.1 Å². The average molecular weight is 366 g/mol. The average Bonchev–Trinajstić information content (AvgIpc) is 2.82. The van der Waals surface area contributed by atoms with Crippen molar-refractivity contribution in [2.75, 3.05) is 0 Å². The summed E-state index contributed by atoms with van der Waals surface area (Å²) in [6.07, 6.45) is 1.90. The fourth-order valence-electron chi connectivity index (χ4n) is 2.01. The molecule has 0 unspecified atom stereocenters. The Bertz CT molecular complexity index is 704. The zero-order chi connectivity index (χ0) is 12.5. The molecule has 1 heterocycles. The highest BCUT2D eigenvalue weighted by Crippen LogP contribution is 2.25. The molecule has 0 radical (unpaired) electrons. The Labute approximate surface area is 122 Å². The van der Waals surface area contributed by atoms with Crippen molar-refractivity contribution in [3.63, 3.8) is 0 Å². The van der Waals surface area contributed by atoms with E-state index in [1.165, 1.54) is 5.56 Å². The van der Waals surface area contributed by atoms with E-state index in [4.69, 9.17) is 0 Å². The number of halogens is 2. The van der Waals surface area contributed by atoms with Crippen LogP contribution in [0.2, 0.25) is 0 Å². The van der Waals surface area contributed by atoms with Gasteiger partial charge in [-0.05, 0) is 23.8 Å². The van der Waals surface area contributed by atoms with Crippen molar-refractivity contribution in [1.29, 1.82) is 0 Å². The van der Waals surface area contributed by atoms with Crippen LogP contribution >= 0.6 is 31.9 Å². The number of alkyl halides is 1. The van der Waals surface area contributed by atoms with Gasteiger partial charge >= 0.3 is 0 Å². The molecule has 0 bridgehead atoms. The monoisotopic (exact) mass is 364 g/mol. The van der Waals surface area contributed by atoms with Crippen LogP contribution in [0.5, 0.6) is 0 Å². The fraction of sp³-hybridized carbons (Fsp3) is 0.0714. The molecule has 0 N–H and O–H groups in total. The van der Waals surface area contributed by atoms with Crippen molar-refractivity contribution in [2.45, 2.75) is 5.33 Å². The minimum Gasteiger partial charge on any atom is -0.233 e. The van der Waals surface area contributed by atoms with Gasteiger partial charge < -0.3 is 0 Å². The summed E-state index contributed by atoms with van der Waals surface area (Å²) in [5.41, 5.74) is 3.44. The van der Waals surface area contributed by atoms with E-state index >= 15 is 0 Å².